The smallest absolute Gasteiger partial charge is 0.268 e. The zero-order valence-electron chi connectivity index (χ0n) is 9.68. The molecule has 0 spiro atoms. The predicted molar refractivity (Wildman–Crippen MR) is 62.3 cm³/mol. The first-order valence-electron chi connectivity index (χ1n) is 5.34. The van der Waals surface area contributed by atoms with Crippen LogP contribution in [0.4, 0.5) is 5.69 Å². The number of aryl methyl sites for hydroxylation is 1. The van der Waals surface area contributed by atoms with Gasteiger partial charge in [0.2, 0.25) is 0 Å². The zero-order valence-corrected chi connectivity index (χ0v) is 9.68. The van der Waals surface area contributed by atoms with Crippen LogP contribution in [-0.2, 0) is 6.54 Å². The quantitative estimate of drug-likeness (QED) is 0.742. The van der Waals surface area contributed by atoms with Crippen LogP contribution in [0.2, 0.25) is 0 Å². The molecule has 1 heterocycles. The van der Waals surface area contributed by atoms with Gasteiger partial charge in [0.1, 0.15) is 0 Å². The Morgan fingerprint density at radius 3 is 2.94 bits per heavy atom. The van der Waals surface area contributed by atoms with Gasteiger partial charge in [-0.25, -0.2) is 4.68 Å². The maximum atomic E-state index is 11.6. The normalized spacial score (nSPS) is 9.81. The van der Waals surface area contributed by atoms with Crippen molar-refractivity contribution >= 4 is 5.69 Å². The predicted octanol–water partition coefficient (Wildman–Crippen LogP) is 1.00. The SMILES string of the molecule is CCCN(C)c1cnn(CCC#N)c(=O)c1. The Bertz CT molecular complexity index is 432. The van der Waals surface area contributed by atoms with Crippen molar-refractivity contribution in [1.29, 1.82) is 5.26 Å². The second-order valence-corrected chi connectivity index (χ2v) is 3.60. The van der Waals surface area contributed by atoms with Crippen molar-refractivity contribution < 1.29 is 0 Å². The number of aromatic nitrogens is 2. The number of rotatable bonds is 5. The van der Waals surface area contributed by atoms with E-state index in [0.29, 0.717) is 13.0 Å². The lowest BCUT2D eigenvalue weighted by molar-refractivity contribution is 0.587. The summed E-state index contributed by atoms with van der Waals surface area (Å²) in [5.41, 5.74) is 0.663. The summed E-state index contributed by atoms with van der Waals surface area (Å²) < 4.78 is 1.31. The van der Waals surface area contributed by atoms with E-state index in [-0.39, 0.29) is 5.56 Å². The highest BCUT2D eigenvalue weighted by molar-refractivity contribution is 5.41. The molecular weight excluding hydrogens is 204 g/mol. The van der Waals surface area contributed by atoms with Gasteiger partial charge in [0.05, 0.1) is 30.9 Å². The summed E-state index contributed by atoms with van der Waals surface area (Å²) in [4.78, 5) is 13.6. The molecule has 5 nitrogen and oxygen atoms in total. The molecule has 0 aliphatic carbocycles. The molecule has 0 aromatic carbocycles. The highest BCUT2D eigenvalue weighted by Gasteiger charge is 2.03. The van der Waals surface area contributed by atoms with E-state index >= 15 is 0 Å². The van der Waals surface area contributed by atoms with Crippen molar-refractivity contribution in [3.05, 3.63) is 22.6 Å². The lowest BCUT2D eigenvalue weighted by Gasteiger charge is -2.17. The number of anilines is 1. The van der Waals surface area contributed by atoms with Crippen molar-refractivity contribution in [2.75, 3.05) is 18.5 Å². The van der Waals surface area contributed by atoms with Crippen LogP contribution in [-0.4, -0.2) is 23.4 Å². The third kappa shape index (κ3) is 3.09. The maximum absolute atomic E-state index is 11.6. The largest absolute Gasteiger partial charge is 0.373 e. The van der Waals surface area contributed by atoms with E-state index in [1.54, 1.807) is 12.3 Å². The fraction of sp³-hybridized carbons (Fsp3) is 0.545. The molecule has 0 saturated carbocycles. The topological polar surface area (TPSA) is 61.9 Å². The molecule has 0 amide bonds. The number of nitrogens with zero attached hydrogens (tertiary/aromatic N) is 4. The summed E-state index contributed by atoms with van der Waals surface area (Å²) in [6.07, 6.45) is 2.99. The molecular formula is C11H16N4O. The van der Waals surface area contributed by atoms with Gasteiger partial charge < -0.3 is 4.90 Å². The Labute approximate surface area is 94.9 Å². The number of nitriles is 1. The van der Waals surface area contributed by atoms with Gasteiger partial charge in [0, 0.05) is 19.7 Å². The molecule has 0 fully saturated rings. The van der Waals surface area contributed by atoms with Crippen molar-refractivity contribution in [3.63, 3.8) is 0 Å². The summed E-state index contributed by atoms with van der Waals surface area (Å²) in [6.45, 7) is 3.33. The Balaban J connectivity index is 2.83. The minimum absolute atomic E-state index is 0.157. The van der Waals surface area contributed by atoms with E-state index in [1.807, 2.05) is 18.0 Å². The van der Waals surface area contributed by atoms with E-state index < -0.39 is 0 Å². The standard InChI is InChI=1S/C11H16N4O/c1-3-6-14(2)10-8-11(16)15(13-9-10)7-4-5-12/h8-9H,3-4,6-7H2,1-2H3. The third-order valence-corrected chi connectivity index (χ3v) is 2.29. The van der Waals surface area contributed by atoms with E-state index in [0.717, 1.165) is 18.7 Å². The summed E-state index contributed by atoms with van der Waals surface area (Å²) in [5.74, 6) is 0. The Morgan fingerprint density at radius 2 is 2.38 bits per heavy atom. The summed E-state index contributed by atoms with van der Waals surface area (Å²) in [6, 6.07) is 3.55. The van der Waals surface area contributed by atoms with Gasteiger partial charge in [-0.15, -0.1) is 0 Å². The molecule has 1 aromatic heterocycles. The van der Waals surface area contributed by atoms with Crippen molar-refractivity contribution in [3.8, 4) is 6.07 Å². The monoisotopic (exact) mass is 220 g/mol. The molecule has 0 atom stereocenters. The average Bonchev–Trinajstić information content (AvgIpc) is 2.27. The van der Waals surface area contributed by atoms with Crippen molar-refractivity contribution in [1.82, 2.24) is 9.78 Å². The minimum Gasteiger partial charge on any atom is -0.373 e. The van der Waals surface area contributed by atoms with Crippen LogP contribution >= 0.6 is 0 Å². The average molecular weight is 220 g/mol. The summed E-state index contributed by atoms with van der Waals surface area (Å²) >= 11 is 0. The van der Waals surface area contributed by atoms with Crippen LogP contribution in [0.3, 0.4) is 0 Å². The first-order valence-corrected chi connectivity index (χ1v) is 5.34. The molecule has 0 unspecified atom stereocenters. The zero-order chi connectivity index (χ0) is 12.0. The fourth-order valence-electron chi connectivity index (χ4n) is 1.42. The number of hydrogen-bond acceptors (Lipinski definition) is 4. The Hall–Kier alpha value is -1.83. The highest BCUT2D eigenvalue weighted by atomic mass is 16.1. The van der Waals surface area contributed by atoms with E-state index in [4.69, 9.17) is 5.26 Å². The summed E-state index contributed by atoms with van der Waals surface area (Å²) in [7, 11) is 1.93. The van der Waals surface area contributed by atoms with Gasteiger partial charge in [-0.3, -0.25) is 4.79 Å². The molecule has 0 aliphatic rings. The second kappa shape index (κ2) is 5.91. The van der Waals surface area contributed by atoms with Crippen molar-refractivity contribution in [2.45, 2.75) is 26.3 Å². The molecule has 0 aliphatic heterocycles. The first kappa shape index (κ1) is 12.2. The van der Waals surface area contributed by atoms with Crippen LogP contribution in [0.1, 0.15) is 19.8 Å². The van der Waals surface area contributed by atoms with E-state index in [9.17, 15) is 4.79 Å². The van der Waals surface area contributed by atoms with Crippen LogP contribution in [0.25, 0.3) is 0 Å². The van der Waals surface area contributed by atoms with Gasteiger partial charge >= 0.3 is 0 Å². The highest BCUT2D eigenvalue weighted by Crippen LogP contribution is 2.06. The first-order chi connectivity index (χ1) is 7.69. The third-order valence-electron chi connectivity index (χ3n) is 2.29. The van der Waals surface area contributed by atoms with E-state index in [1.165, 1.54) is 4.68 Å². The molecule has 0 radical (unpaired) electrons. The number of hydrogen-bond donors (Lipinski definition) is 0. The van der Waals surface area contributed by atoms with Gasteiger partial charge in [-0.05, 0) is 6.42 Å². The lowest BCUT2D eigenvalue weighted by atomic mass is 10.3. The Morgan fingerprint density at radius 1 is 1.62 bits per heavy atom. The molecule has 16 heavy (non-hydrogen) atoms. The van der Waals surface area contributed by atoms with Gasteiger partial charge in [0.25, 0.3) is 5.56 Å². The van der Waals surface area contributed by atoms with Crippen molar-refractivity contribution in [2.24, 2.45) is 0 Å². The molecule has 5 heteroatoms. The van der Waals surface area contributed by atoms with Crippen LogP contribution in [0.5, 0.6) is 0 Å². The second-order valence-electron chi connectivity index (χ2n) is 3.60. The van der Waals surface area contributed by atoms with Gasteiger partial charge in [0.15, 0.2) is 0 Å². The molecule has 86 valence electrons. The summed E-state index contributed by atoms with van der Waals surface area (Å²) in [5, 5.41) is 12.5. The molecule has 0 saturated heterocycles. The van der Waals surface area contributed by atoms with Crippen LogP contribution in [0.15, 0.2) is 17.1 Å². The molecule has 0 N–H and O–H groups in total. The van der Waals surface area contributed by atoms with E-state index in [2.05, 4.69) is 12.0 Å². The Kier molecular flexibility index (Phi) is 4.52. The van der Waals surface area contributed by atoms with Crippen LogP contribution in [0, 0.1) is 11.3 Å². The molecule has 0 bridgehead atoms. The molecule has 1 rings (SSSR count). The minimum atomic E-state index is -0.157. The fourth-order valence-corrected chi connectivity index (χ4v) is 1.42. The van der Waals surface area contributed by atoms with Gasteiger partial charge in [-0.2, -0.15) is 10.4 Å². The maximum Gasteiger partial charge on any atom is 0.268 e. The van der Waals surface area contributed by atoms with Gasteiger partial charge in [-0.1, -0.05) is 6.92 Å². The lowest BCUT2D eigenvalue weighted by Crippen LogP contribution is -2.26. The van der Waals surface area contributed by atoms with Crippen LogP contribution < -0.4 is 10.5 Å². The molecule has 1 aromatic rings.